The summed E-state index contributed by atoms with van der Waals surface area (Å²) in [6.45, 7) is 3.19. The average Bonchev–Trinajstić information content (AvgIpc) is 2.05. The van der Waals surface area contributed by atoms with E-state index >= 15 is 0 Å². The Morgan fingerprint density at radius 3 is 2.58 bits per heavy atom. The summed E-state index contributed by atoms with van der Waals surface area (Å²) in [6.07, 6.45) is 3.70. The van der Waals surface area contributed by atoms with Crippen LogP contribution in [0.1, 0.15) is 12.8 Å². The minimum atomic E-state index is -0.793. The number of fused-ring (bicyclic) bond motifs is 3. The number of hydrogen-bond donors (Lipinski definition) is 1. The highest BCUT2D eigenvalue weighted by molar-refractivity contribution is 5.80. The fourth-order valence-corrected chi connectivity index (χ4v) is 2.17. The fourth-order valence-electron chi connectivity index (χ4n) is 2.17. The molecule has 0 unspecified atom stereocenters. The van der Waals surface area contributed by atoms with Crippen molar-refractivity contribution in [1.82, 2.24) is 4.90 Å². The Morgan fingerprint density at radius 1 is 1.50 bits per heavy atom. The van der Waals surface area contributed by atoms with Gasteiger partial charge in [-0.2, -0.15) is 0 Å². The SMILES string of the molecule is O=C(O)C=C1CN2CCC1CC2. The van der Waals surface area contributed by atoms with Crippen LogP contribution in [0.4, 0.5) is 0 Å². The molecule has 0 aromatic carbocycles. The summed E-state index contributed by atoms with van der Waals surface area (Å²) in [4.78, 5) is 12.8. The third-order valence-electron chi connectivity index (χ3n) is 2.83. The summed E-state index contributed by atoms with van der Waals surface area (Å²) in [5, 5.41) is 8.60. The van der Waals surface area contributed by atoms with Crippen molar-refractivity contribution in [3.8, 4) is 0 Å². The van der Waals surface area contributed by atoms with Gasteiger partial charge in [-0.15, -0.1) is 0 Å². The molecule has 0 aromatic heterocycles. The number of carbonyl (C=O) groups is 1. The van der Waals surface area contributed by atoms with Crippen LogP contribution in [0.25, 0.3) is 0 Å². The lowest BCUT2D eigenvalue weighted by Crippen LogP contribution is -2.43. The van der Waals surface area contributed by atoms with E-state index in [2.05, 4.69) is 4.90 Å². The molecular weight excluding hydrogens is 154 g/mol. The molecule has 3 fully saturated rings. The summed E-state index contributed by atoms with van der Waals surface area (Å²) in [7, 11) is 0. The number of piperidine rings is 3. The van der Waals surface area contributed by atoms with Crippen LogP contribution in [-0.4, -0.2) is 35.6 Å². The van der Waals surface area contributed by atoms with Gasteiger partial charge in [-0.25, -0.2) is 4.79 Å². The summed E-state index contributed by atoms with van der Waals surface area (Å²) >= 11 is 0. The molecule has 0 aromatic rings. The van der Waals surface area contributed by atoms with Crippen molar-refractivity contribution in [2.75, 3.05) is 19.6 Å². The van der Waals surface area contributed by atoms with Crippen LogP contribution in [0.15, 0.2) is 11.6 Å². The van der Waals surface area contributed by atoms with Crippen molar-refractivity contribution in [2.45, 2.75) is 12.8 Å². The van der Waals surface area contributed by atoms with Gasteiger partial charge in [0.2, 0.25) is 0 Å². The number of aliphatic carboxylic acids is 1. The van der Waals surface area contributed by atoms with E-state index in [9.17, 15) is 4.79 Å². The van der Waals surface area contributed by atoms with E-state index < -0.39 is 5.97 Å². The van der Waals surface area contributed by atoms with E-state index in [0.29, 0.717) is 5.92 Å². The second-order valence-electron chi connectivity index (χ2n) is 3.61. The lowest BCUT2D eigenvalue weighted by molar-refractivity contribution is -0.131. The van der Waals surface area contributed by atoms with Gasteiger partial charge in [0.15, 0.2) is 0 Å². The van der Waals surface area contributed by atoms with Crippen LogP contribution in [0.2, 0.25) is 0 Å². The lowest BCUT2D eigenvalue weighted by atomic mass is 9.84. The van der Waals surface area contributed by atoms with E-state index in [1.54, 1.807) is 0 Å². The second kappa shape index (κ2) is 2.90. The van der Waals surface area contributed by atoms with Gasteiger partial charge in [-0.05, 0) is 37.4 Å². The van der Waals surface area contributed by atoms with Crippen LogP contribution in [0.3, 0.4) is 0 Å². The quantitative estimate of drug-likeness (QED) is 0.585. The highest BCUT2D eigenvalue weighted by atomic mass is 16.4. The number of rotatable bonds is 1. The Hall–Kier alpha value is -0.830. The fraction of sp³-hybridized carbons (Fsp3) is 0.667. The van der Waals surface area contributed by atoms with E-state index in [1.165, 1.54) is 6.08 Å². The van der Waals surface area contributed by atoms with Gasteiger partial charge in [0.25, 0.3) is 0 Å². The lowest BCUT2D eigenvalue weighted by Gasteiger charge is -2.40. The monoisotopic (exact) mass is 167 g/mol. The minimum Gasteiger partial charge on any atom is -0.478 e. The van der Waals surface area contributed by atoms with E-state index in [4.69, 9.17) is 5.11 Å². The van der Waals surface area contributed by atoms with Crippen LogP contribution < -0.4 is 0 Å². The predicted octanol–water partition coefficient (Wildman–Crippen LogP) is 0.723. The molecule has 0 radical (unpaired) electrons. The normalized spacial score (nSPS) is 37.2. The van der Waals surface area contributed by atoms with Crippen LogP contribution in [0.5, 0.6) is 0 Å². The Morgan fingerprint density at radius 2 is 2.17 bits per heavy atom. The van der Waals surface area contributed by atoms with Gasteiger partial charge < -0.3 is 5.11 Å². The summed E-state index contributed by atoms with van der Waals surface area (Å²) < 4.78 is 0. The first-order chi connectivity index (χ1) is 5.75. The highest BCUT2D eigenvalue weighted by Crippen LogP contribution is 2.31. The first kappa shape index (κ1) is 7.80. The molecule has 3 aliphatic heterocycles. The Labute approximate surface area is 71.7 Å². The standard InChI is InChI=1S/C9H13NO2/c11-9(12)5-8-6-10-3-1-7(8)2-4-10/h5,7H,1-4,6H2,(H,11,12). The average molecular weight is 167 g/mol. The highest BCUT2D eigenvalue weighted by Gasteiger charge is 2.29. The first-order valence-electron chi connectivity index (χ1n) is 4.41. The zero-order valence-corrected chi connectivity index (χ0v) is 6.99. The van der Waals surface area contributed by atoms with E-state index in [0.717, 1.165) is 38.0 Å². The largest absolute Gasteiger partial charge is 0.478 e. The maximum Gasteiger partial charge on any atom is 0.328 e. The molecule has 0 spiro atoms. The van der Waals surface area contributed by atoms with Crippen LogP contribution >= 0.6 is 0 Å². The molecule has 12 heavy (non-hydrogen) atoms. The molecule has 0 saturated carbocycles. The van der Waals surface area contributed by atoms with Crippen molar-refractivity contribution < 1.29 is 9.90 Å². The molecule has 3 aliphatic rings. The van der Waals surface area contributed by atoms with Crippen molar-refractivity contribution in [3.05, 3.63) is 11.6 Å². The molecule has 66 valence electrons. The second-order valence-corrected chi connectivity index (χ2v) is 3.61. The van der Waals surface area contributed by atoms with Crippen molar-refractivity contribution in [1.29, 1.82) is 0 Å². The summed E-state index contributed by atoms with van der Waals surface area (Å²) in [6, 6.07) is 0. The Kier molecular flexibility index (Phi) is 1.89. The van der Waals surface area contributed by atoms with Crippen molar-refractivity contribution in [3.63, 3.8) is 0 Å². The van der Waals surface area contributed by atoms with E-state index in [1.807, 2.05) is 0 Å². The molecule has 0 amide bonds. The summed E-state index contributed by atoms with van der Waals surface area (Å²) in [5.41, 5.74) is 1.12. The molecule has 0 aliphatic carbocycles. The number of carboxylic acid groups (broad SMARTS) is 1. The van der Waals surface area contributed by atoms with Gasteiger partial charge >= 0.3 is 5.97 Å². The molecule has 1 N–H and O–H groups in total. The molecule has 3 saturated heterocycles. The third-order valence-corrected chi connectivity index (χ3v) is 2.83. The summed E-state index contributed by atoms with van der Waals surface area (Å²) in [5.74, 6) is -0.232. The zero-order chi connectivity index (χ0) is 8.55. The van der Waals surface area contributed by atoms with Gasteiger partial charge in [0.05, 0.1) is 0 Å². The zero-order valence-electron chi connectivity index (χ0n) is 6.99. The maximum atomic E-state index is 10.4. The topological polar surface area (TPSA) is 40.5 Å². The molecule has 3 heterocycles. The Balaban J connectivity index is 2.13. The predicted molar refractivity (Wildman–Crippen MR) is 44.9 cm³/mol. The molecule has 3 rings (SSSR count). The maximum absolute atomic E-state index is 10.4. The third kappa shape index (κ3) is 1.37. The van der Waals surface area contributed by atoms with Gasteiger partial charge in [0, 0.05) is 12.6 Å². The van der Waals surface area contributed by atoms with Gasteiger partial charge in [-0.3, -0.25) is 4.90 Å². The van der Waals surface area contributed by atoms with Crippen LogP contribution in [0, 0.1) is 5.92 Å². The molecule has 3 heteroatoms. The van der Waals surface area contributed by atoms with Crippen molar-refractivity contribution >= 4 is 5.97 Å². The number of carboxylic acids is 1. The van der Waals surface area contributed by atoms with Gasteiger partial charge in [0.1, 0.15) is 0 Å². The smallest absolute Gasteiger partial charge is 0.328 e. The number of nitrogens with zero attached hydrogens (tertiary/aromatic N) is 1. The van der Waals surface area contributed by atoms with E-state index in [-0.39, 0.29) is 0 Å². The van der Waals surface area contributed by atoms with Crippen LogP contribution in [-0.2, 0) is 4.79 Å². The molecular formula is C9H13NO2. The Bertz CT molecular complexity index is 227. The molecule has 2 bridgehead atoms. The number of hydrogen-bond acceptors (Lipinski definition) is 2. The molecule has 0 atom stereocenters. The van der Waals surface area contributed by atoms with Gasteiger partial charge in [-0.1, -0.05) is 0 Å². The van der Waals surface area contributed by atoms with Crippen molar-refractivity contribution in [2.24, 2.45) is 5.92 Å². The molecule has 3 nitrogen and oxygen atoms in total. The minimum absolute atomic E-state index is 0.561. The first-order valence-corrected chi connectivity index (χ1v) is 4.41.